The highest BCUT2D eigenvalue weighted by molar-refractivity contribution is 5.96. The third kappa shape index (κ3) is 5.90. The molecule has 1 N–H and O–H groups in total. The number of hydrogen-bond donors (Lipinski definition) is 1. The minimum atomic E-state index is -4.47. The lowest BCUT2D eigenvalue weighted by Crippen LogP contribution is -2.36. The highest BCUT2D eigenvalue weighted by Gasteiger charge is 2.31. The molecule has 2 aromatic carbocycles. The number of rotatable bonds is 6. The van der Waals surface area contributed by atoms with Gasteiger partial charge in [-0.2, -0.15) is 18.3 Å². The van der Waals surface area contributed by atoms with Gasteiger partial charge in [0, 0.05) is 24.0 Å². The number of aryl methyl sites for hydroxylation is 4. The summed E-state index contributed by atoms with van der Waals surface area (Å²) in [5.74, 6) is -0.615. The SMILES string of the molecule is Cc1cc(C)c(NC(=O)CN(C)C(=O)Cc2c(C)nn(-c3cccc(C(F)(F)F)c3)c2C)c(C)c1. The molecule has 0 saturated heterocycles. The topological polar surface area (TPSA) is 67.2 Å². The molecule has 0 aliphatic heterocycles. The van der Waals surface area contributed by atoms with Crippen LogP contribution in [0.2, 0.25) is 0 Å². The molecule has 0 bridgehead atoms. The molecule has 0 radical (unpaired) electrons. The summed E-state index contributed by atoms with van der Waals surface area (Å²) in [5, 5.41) is 7.24. The molecule has 3 aromatic rings. The Morgan fingerprint density at radius 2 is 1.66 bits per heavy atom. The molecule has 0 saturated carbocycles. The summed E-state index contributed by atoms with van der Waals surface area (Å²) in [6, 6.07) is 8.83. The molecule has 0 fully saturated rings. The van der Waals surface area contributed by atoms with Gasteiger partial charge >= 0.3 is 6.18 Å². The van der Waals surface area contributed by atoms with Crippen LogP contribution in [0.25, 0.3) is 5.69 Å². The van der Waals surface area contributed by atoms with Crippen molar-refractivity contribution in [3.05, 3.63) is 75.6 Å². The Bertz CT molecular complexity index is 1260. The van der Waals surface area contributed by atoms with Crippen molar-refractivity contribution in [2.75, 3.05) is 18.9 Å². The number of anilines is 1. The van der Waals surface area contributed by atoms with Gasteiger partial charge in [-0.05, 0) is 63.9 Å². The molecule has 0 atom stereocenters. The van der Waals surface area contributed by atoms with Crippen LogP contribution in [-0.4, -0.2) is 40.1 Å². The summed E-state index contributed by atoms with van der Waals surface area (Å²) >= 11 is 0. The van der Waals surface area contributed by atoms with Gasteiger partial charge in [-0.25, -0.2) is 4.68 Å². The maximum Gasteiger partial charge on any atom is 0.416 e. The van der Waals surface area contributed by atoms with Crippen LogP contribution in [0.3, 0.4) is 0 Å². The van der Waals surface area contributed by atoms with E-state index in [2.05, 4.69) is 10.4 Å². The predicted molar refractivity (Wildman–Crippen MR) is 129 cm³/mol. The Labute approximate surface area is 202 Å². The van der Waals surface area contributed by atoms with E-state index >= 15 is 0 Å². The van der Waals surface area contributed by atoms with Crippen LogP contribution >= 0.6 is 0 Å². The van der Waals surface area contributed by atoms with Crippen LogP contribution in [0.15, 0.2) is 36.4 Å². The molecule has 1 aromatic heterocycles. The van der Waals surface area contributed by atoms with Crippen molar-refractivity contribution in [2.45, 2.75) is 47.2 Å². The lowest BCUT2D eigenvalue weighted by atomic mass is 10.1. The third-order valence-corrected chi connectivity index (χ3v) is 5.94. The predicted octanol–water partition coefficient (Wildman–Crippen LogP) is 5.07. The largest absolute Gasteiger partial charge is 0.416 e. The first-order chi connectivity index (χ1) is 16.3. The van der Waals surface area contributed by atoms with Crippen LogP contribution in [0.1, 0.15) is 39.2 Å². The minimum Gasteiger partial charge on any atom is -0.336 e. The molecular formula is C26H29F3N4O2. The zero-order valence-corrected chi connectivity index (χ0v) is 20.7. The van der Waals surface area contributed by atoms with Crippen molar-refractivity contribution in [1.29, 1.82) is 0 Å². The summed E-state index contributed by atoms with van der Waals surface area (Å²) in [4.78, 5) is 26.8. The first-order valence-electron chi connectivity index (χ1n) is 11.1. The molecule has 3 rings (SSSR count). The fraction of sp³-hybridized carbons (Fsp3) is 0.346. The van der Waals surface area contributed by atoms with E-state index in [1.807, 2.05) is 32.9 Å². The highest BCUT2D eigenvalue weighted by Crippen LogP contribution is 2.31. The van der Waals surface area contributed by atoms with Crippen molar-refractivity contribution in [3.8, 4) is 5.69 Å². The lowest BCUT2D eigenvalue weighted by molar-refractivity contribution is -0.137. The number of nitrogens with zero attached hydrogens (tertiary/aromatic N) is 3. The third-order valence-electron chi connectivity index (χ3n) is 5.94. The van der Waals surface area contributed by atoms with E-state index in [0.717, 1.165) is 34.5 Å². The number of hydrogen-bond acceptors (Lipinski definition) is 3. The van der Waals surface area contributed by atoms with E-state index in [-0.39, 0.29) is 30.5 Å². The molecule has 35 heavy (non-hydrogen) atoms. The van der Waals surface area contributed by atoms with Gasteiger partial charge in [0.15, 0.2) is 0 Å². The second-order valence-electron chi connectivity index (χ2n) is 8.86. The summed E-state index contributed by atoms with van der Waals surface area (Å²) in [6.45, 7) is 9.09. The normalized spacial score (nSPS) is 11.5. The zero-order chi connectivity index (χ0) is 26.1. The van der Waals surface area contributed by atoms with Gasteiger partial charge in [0.2, 0.25) is 11.8 Å². The zero-order valence-electron chi connectivity index (χ0n) is 20.7. The summed E-state index contributed by atoms with van der Waals surface area (Å²) in [6.07, 6.45) is -4.49. The van der Waals surface area contributed by atoms with E-state index in [1.54, 1.807) is 20.9 Å². The molecule has 0 spiro atoms. The number of nitrogens with one attached hydrogen (secondary N) is 1. The molecule has 1 heterocycles. The van der Waals surface area contributed by atoms with Crippen LogP contribution in [0.5, 0.6) is 0 Å². The van der Waals surface area contributed by atoms with Crippen molar-refractivity contribution in [1.82, 2.24) is 14.7 Å². The number of carbonyl (C=O) groups excluding carboxylic acids is 2. The lowest BCUT2D eigenvalue weighted by Gasteiger charge is -2.19. The Morgan fingerprint density at radius 1 is 1.03 bits per heavy atom. The fourth-order valence-corrected chi connectivity index (χ4v) is 4.14. The molecule has 6 nitrogen and oxygen atoms in total. The van der Waals surface area contributed by atoms with Gasteiger partial charge in [-0.3, -0.25) is 9.59 Å². The van der Waals surface area contributed by atoms with E-state index in [4.69, 9.17) is 0 Å². The van der Waals surface area contributed by atoms with Crippen LogP contribution in [0.4, 0.5) is 18.9 Å². The van der Waals surface area contributed by atoms with Crippen LogP contribution < -0.4 is 5.32 Å². The number of amides is 2. The summed E-state index contributed by atoms with van der Waals surface area (Å²) in [5.41, 5.74) is 4.93. The smallest absolute Gasteiger partial charge is 0.336 e. The molecule has 9 heteroatoms. The number of carbonyl (C=O) groups is 2. The van der Waals surface area contributed by atoms with Crippen LogP contribution in [0, 0.1) is 34.6 Å². The Morgan fingerprint density at radius 3 is 2.26 bits per heavy atom. The number of aromatic nitrogens is 2. The Balaban J connectivity index is 1.73. The van der Waals surface area contributed by atoms with Gasteiger partial charge in [-0.1, -0.05) is 23.8 Å². The van der Waals surface area contributed by atoms with Gasteiger partial charge in [0.25, 0.3) is 0 Å². The van der Waals surface area contributed by atoms with E-state index in [0.29, 0.717) is 17.0 Å². The van der Waals surface area contributed by atoms with Gasteiger partial charge in [-0.15, -0.1) is 0 Å². The quantitative estimate of drug-likeness (QED) is 0.529. The van der Waals surface area contributed by atoms with E-state index in [1.165, 1.54) is 21.7 Å². The van der Waals surface area contributed by atoms with Crippen molar-refractivity contribution < 1.29 is 22.8 Å². The molecule has 0 aliphatic carbocycles. The number of halogens is 3. The highest BCUT2D eigenvalue weighted by atomic mass is 19.4. The molecule has 0 unspecified atom stereocenters. The van der Waals surface area contributed by atoms with Gasteiger partial charge in [0.1, 0.15) is 0 Å². The second kappa shape index (κ2) is 9.93. The average molecular weight is 487 g/mol. The summed E-state index contributed by atoms with van der Waals surface area (Å²) < 4.78 is 40.8. The van der Waals surface area contributed by atoms with Crippen molar-refractivity contribution >= 4 is 17.5 Å². The number of likely N-dealkylation sites (N-methyl/N-ethyl adjacent to an activating group) is 1. The molecular weight excluding hydrogens is 457 g/mol. The second-order valence-corrected chi connectivity index (χ2v) is 8.86. The fourth-order valence-electron chi connectivity index (χ4n) is 4.14. The standard InChI is InChI=1S/C26H29F3N4O2/c1-15-10-16(2)25(17(3)11-15)30-23(34)14-32(6)24(35)13-22-18(4)31-33(19(22)5)21-9-7-8-20(12-21)26(27,28)29/h7-12H,13-14H2,1-6H3,(H,30,34). The monoisotopic (exact) mass is 486 g/mol. The van der Waals surface area contributed by atoms with Gasteiger partial charge < -0.3 is 10.2 Å². The first kappa shape index (κ1) is 26.0. The van der Waals surface area contributed by atoms with Crippen LogP contribution in [-0.2, 0) is 22.2 Å². The maximum atomic E-state index is 13.1. The van der Waals surface area contributed by atoms with Crippen molar-refractivity contribution in [2.24, 2.45) is 0 Å². The van der Waals surface area contributed by atoms with Crippen molar-refractivity contribution in [3.63, 3.8) is 0 Å². The molecule has 2 amide bonds. The molecule has 186 valence electrons. The maximum absolute atomic E-state index is 13.1. The average Bonchev–Trinajstić information content (AvgIpc) is 3.04. The number of benzene rings is 2. The van der Waals surface area contributed by atoms with E-state index in [9.17, 15) is 22.8 Å². The number of alkyl halides is 3. The van der Waals surface area contributed by atoms with Gasteiger partial charge in [0.05, 0.1) is 29.9 Å². The molecule has 0 aliphatic rings. The van der Waals surface area contributed by atoms with E-state index < -0.39 is 11.7 Å². The first-order valence-corrected chi connectivity index (χ1v) is 11.1. The Kier molecular flexibility index (Phi) is 7.38. The summed E-state index contributed by atoms with van der Waals surface area (Å²) in [7, 11) is 1.54. The Hall–Kier alpha value is -3.62. The minimum absolute atomic E-state index is 0.0248.